The number of aromatic hydroxyl groups is 1. The molecule has 0 aromatic heterocycles. The van der Waals surface area contributed by atoms with Gasteiger partial charge < -0.3 is 27.2 Å². The average molecular weight is 518 g/mol. The third-order valence-electron chi connectivity index (χ3n) is 6.14. The van der Waals surface area contributed by atoms with E-state index in [0.29, 0.717) is 32.2 Å². The molecule has 0 radical (unpaired) electrons. The zero-order valence-electron chi connectivity index (χ0n) is 22.5. The van der Waals surface area contributed by atoms with E-state index in [1.165, 1.54) is 12.1 Å². The summed E-state index contributed by atoms with van der Waals surface area (Å²) in [5.74, 6) is -1.77. The van der Waals surface area contributed by atoms with Crippen molar-refractivity contribution in [3.63, 3.8) is 0 Å². The fourth-order valence-electron chi connectivity index (χ4n) is 3.94. The molecular weight excluding hydrogens is 474 g/mol. The topological polar surface area (TPSA) is 177 Å². The van der Waals surface area contributed by atoms with E-state index >= 15 is 0 Å². The first-order valence-electron chi connectivity index (χ1n) is 13.0. The number of hydrogen-bond acceptors (Lipinski definition) is 6. The summed E-state index contributed by atoms with van der Waals surface area (Å²) in [6, 6.07) is 4.95. The number of benzene rings is 1. The summed E-state index contributed by atoms with van der Waals surface area (Å²) in [7, 11) is 0. The Bertz CT molecular complexity index is 926. The lowest BCUT2D eigenvalue weighted by atomic mass is 9.86. The molecule has 0 spiro atoms. The highest BCUT2D eigenvalue weighted by atomic mass is 16.3. The van der Waals surface area contributed by atoms with Crippen molar-refractivity contribution in [2.45, 2.75) is 84.7 Å². The van der Waals surface area contributed by atoms with Crippen molar-refractivity contribution in [1.29, 1.82) is 0 Å². The van der Waals surface area contributed by atoms with Crippen molar-refractivity contribution in [1.82, 2.24) is 10.6 Å². The van der Waals surface area contributed by atoms with Gasteiger partial charge in [0.05, 0.1) is 12.1 Å². The van der Waals surface area contributed by atoms with E-state index in [1.807, 2.05) is 20.8 Å². The zero-order chi connectivity index (χ0) is 28.0. The highest BCUT2D eigenvalue weighted by molar-refractivity contribution is 5.94. The normalized spacial score (nSPS) is 13.3. The number of nitrogens with two attached hydrogens (primary N) is 2. The quantitative estimate of drug-likeness (QED) is 0.119. The summed E-state index contributed by atoms with van der Waals surface area (Å²) in [4.78, 5) is 55.3. The highest BCUT2D eigenvalue weighted by Gasteiger charge is 2.31. The zero-order valence-corrected chi connectivity index (χ0v) is 22.5. The molecule has 2 amide bonds. The molecule has 0 saturated carbocycles. The van der Waals surface area contributed by atoms with Crippen LogP contribution < -0.4 is 22.1 Å². The Morgan fingerprint density at radius 1 is 0.973 bits per heavy atom. The number of nitrogens with zero attached hydrogens (tertiary/aromatic N) is 1. The summed E-state index contributed by atoms with van der Waals surface area (Å²) in [6.45, 7) is 7.62. The van der Waals surface area contributed by atoms with E-state index < -0.39 is 18.0 Å². The molecule has 0 bridgehead atoms. The standard InChI is InChI=1S/C27H43N5O5/c1-5-8-25(36)31-21(9-7-14-30-27(28)29)24(35)16-20(17(3)4)26(37)32-22(23(34)6-2)15-18-10-12-19(33)13-11-18/h10-13,17,20-22,33H,5-9,14-16H2,1-4H3,(H,31,36)(H,32,37)(H4,28,29,30)/t20-,21-,22-/m0/s1. The van der Waals surface area contributed by atoms with Gasteiger partial charge in [-0.15, -0.1) is 0 Å². The molecule has 3 atom stereocenters. The lowest BCUT2D eigenvalue weighted by molar-refractivity contribution is -0.134. The van der Waals surface area contributed by atoms with E-state index in [4.69, 9.17) is 11.5 Å². The molecule has 0 unspecified atom stereocenters. The second kappa shape index (κ2) is 16.3. The molecule has 0 saturated heterocycles. The van der Waals surface area contributed by atoms with Gasteiger partial charge in [0.2, 0.25) is 11.8 Å². The number of Topliss-reactive ketones (excluding diaryl/α,β-unsaturated/α-hetero) is 2. The predicted molar refractivity (Wildman–Crippen MR) is 144 cm³/mol. The maximum atomic E-state index is 13.3. The average Bonchev–Trinajstić information content (AvgIpc) is 2.84. The number of ketones is 2. The van der Waals surface area contributed by atoms with Crippen LogP contribution in [0, 0.1) is 11.8 Å². The van der Waals surface area contributed by atoms with Gasteiger partial charge in [-0.1, -0.05) is 39.8 Å². The Morgan fingerprint density at radius 3 is 2.16 bits per heavy atom. The Morgan fingerprint density at radius 2 is 1.62 bits per heavy atom. The highest BCUT2D eigenvalue weighted by Crippen LogP contribution is 2.20. The van der Waals surface area contributed by atoms with Crippen LogP contribution in [0.4, 0.5) is 0 Å². The lowest BCUT2D eigenvalue weighted by Crippen LogP contribution is -2.48. The molecule has 1 aromatic rings. The van der Waals surface area contributed by atoms with Crippen molar-refractivity contribution in [2.24, 2.45) is 28.3 Å². The summed E-state index contributed by atoms with van der Waals surface area (Å²) in [6.07, 6.45) is 2.21. The number of guanidine groups is 1. The maximum Gasteiger partial charge on any atom is 0.224 e. The molecule has 206 valence electrons. The van der Waals surface area contributed by atoms with E-state index in [2.05, 4.69) is 15.6 Å². The number of carbonyl (C=O) groups is 4. The predicted octanol–water partition coefficient (Wildman–Crippen LogP) is 1.97. The minimum Gasteiger partial charge on any atom is -0.508 e. The van der Waals surface area contributed by atoms with Crippen molar-refractivity contribution < 1.29 is 24.3 Å². The van der Waals surface area contributed by atoms with Gasteiger partial charge in [-0.2, -0.15) is 0 Å². The lowest BCUT2D eigenvalue weighted by Gasteiger charge is -2.26. The van der Waals surface area contributed by atoms with Crippen LogP contribution in [0.25, 0.3) is 0 Å². The van der Waals surface area contributed by atoms with Crippen LogP contribution in [-0.2, 0) is 25.6 Å². The fourth-order valence-corrected chi connectivity index (χ4v) is 3.94. The number of nitrogens with one attached hydrogen (secondary N) is 2. The molecule has 0 heterocycles. The van der Waals surface area contributed by atoms with E-state index in [1.54, 1.807) is 19.1 Å². The number of phenolic OH excluding ortho intramolecular Hbond substituents is 1. The van der Waals surface area contributed by atoms with Crippen molar-refractivity contribution in [3.8, 4) is 5.75 Å². The number of amides is 2. The number of aliphatic imine (C=N–C) groups is 1. The Hall–Kier alpha value is -3.43. The maximum absolute atomic E-state index is 13.3. The Balaban J connectivity index is 2.98. The summed E-state index contributed by atoms with van der Waals surface area (Å²) in [5.41, 5.74) is 11.5. The molecule has 0 aliphatic heterocycles. The third-order valence-corrected chi connectivity index (χ3v) is 6.14. The SMILES string of the molecule is CCCC(=O)N[C@@H](CCCN=C(N)N)C(=O)C[C@H](C(=O)N[C@@H](Cc1ccc(O)cc1)C(=O)CC)C(C)C. The second-order valence-electron chi connectivity index (χ2n) is 9.59. The van der Waals surface area contributed by atoms with Crippen LogP contribution in [0.1, 0.15) is 71.8 Å². The van der Waals surface area contributed by atoms with Crippen LogP contribution in [0.15, 0.2) is 29.3 Å². The smallest absolute Gasteiger partial charge is 0.224 e. The summed E-state index contributed by atoms with van der Waals surface area (Å²) < 4.78 is 0. The van der Waals surface area contributed by atoms with Gasteiger partial charge in [-0.25, -0.2) is 0 Å². The number of rotatable bonds is 17. The Labute approximate surface area is 219 Å². The largest absolute Gasteiger partial charge is 0.508 e. The van der Waals surface area contributed by atoms with Crippen LogP contribution in [-0.4, -0.2) is 53.1 Å². The van der Waals surface area contributed by atoms with Gasteiger partial charge in [0.15, 0.2) is 17.5 Å². The molecule has 37 heavy (non-hydrogen) atoms. The van der Waals surface area contributed by atoms with Crippen LogP contribution >= 0.6 is 0 Å². The minimum atomic E-state index is -0.757. The van der Waals surface area contributed by atoms with Gasteiger partial charge in [0.25, 0.3) is 0 Å². The van der Waals surface area contributed by atoms with Crippen LogP contribution in [0.2, 0.25) is 0 Å². The van der Waals surface area contributed by atoms with Crippen molar-refractivity contribution in [2.75, 3.05) is 6.54 Å². The first-order chi connectivity index (χ1) is 17.5. The molecule has 1 rings (SSSR count). The van der Waals surface area contributed by atoms with Gasteiger partial charge in [-0.3, -0.25) is 24.2 Å². The number of carbonyl (C=O) groups excluding carboxylic acids is 4. The summed E-state index contributed by atoms with van der Waals surface area (Å²) in [5, 5.41) is 15.2. The first-order valence-corrected chi connectivity index (χ1v) is 13.0. The molecule has 10 heteroatoms. The van der Waals surface area contributed by atoms with Crippen LogP contribution in [0.5, 0.6) is 5.75 Å². The van der Waals surface area contributed by atoms with Gasteiger partial charge in [0.1, 0.15) is 5.75 Å². The van der Waals surface area contributed by atoms with Gasteiger partial charge in [0, 0.05) is 31.7 Å². The molecule has 10 nitrogen and oxygen atoms in total. The first kappa shape index (κ1) is 31.6. The van der Waals surface area contributed by atoms with Crippen LogP contribution in [0.3, 0.4) is 0 Å². The van der Waals surface area contributed by atoms with E-state index in [-0.39, 0.29) is 60.3 Å². The molecule has 0 fully saturated rings. The second-order valence-corrected chi connectivity index (χ2v) is 9.59. The minimum absolute atomic E-state index is 0.0436. The fraction of sp³-hybridized carbons (Fsp3) is 0.593. The number of hydrogen-bond donors (Lipinski definition) is 5. The van der Waals surface area contributed by atoms with Gasteiger partial charge >= 0.3 is 0 Å². The molecule has 0 aliphatic carbocycles. The van der Waals surface area contributed by atoms with E-state index in [0.717, 1.165) is 5.56 Å². The monoisotopic (exact) mass is 517 g/mol. The van der Waals surface area contributed by atoms with E-state index in [9.17, 15) is 24.3 Å². The van der Waals surface area contributed by atoms with Crippen molar-refractivity contribution >= 4 is 29.3 Å². The molecule has 7 N–H and O–H groups in total. The van der Waals surface area contributed by atoms with Crippen molar-refractivity contribution in [3.05, 3.63) is 29.8 Å². The molecular formula is C27H43N5O5. The Kier molecular flexibility index (Phi) is 14.0. The number of phenols is 1. The molecule has 1 aromatic carbocycles. The van der Waals surface area contributed by atoms with Gasteiger partial charge in [-0.05, 0) is 49.3 Å². The molecule has 0 aliphatic rings. The summed E-state index contributed by atoms with van der Waals surface area (Å²) >= 11 is 0. The third kappa shape index (κ3) is 11.9.